The number of hydrogen-bond donors (Lipinski definition) is 0. The Morgan fingerprint density at radius 3 is 2.73 bits per heavy atom. The summed E-state index contributed by atoms with van der Waals surface area (Å²) in [4.78, 5) is 4.62. The monoisotopic (exact) mass is 285 g/mol. The number of allylic oxidation sites excluding steroid dienone is 1. The van der Waals surface area contributed by atoms with Gasteiger partial charge in [0.1, 0.15) is 5.52 Å². The predicted octanol–water partition coefficient (Wildman–Crippen LogP) is 5.68. The van der Waals surface area contributed by atoms with Crippen molar-refractivity contribution in [2.24, 2.45) is 0 Å². The standard InChI is InChI=1S/C20H15NO/c1-2-6-14-11-12-15-7-5-8-16(17(15)13-14)20-21-18-9-3-4-10-19(18)22-20/h2-13H,1H3/b6-2+. The van der Waals surface area contributed by atoms with Gasteiger partial charge >= 0.3 is 0 Å². The lowest BCUT2D eigenvalue weighted by Crippen LogP contribution is -1.82. The summed E-state index contributed by atoms with van der Waals surface area (Å²) in [5.41, 5.74) is 3.91. The van der Waals surface area contributed by atoms with Crippen molar-refractivity contribution < 1.29 is 4.42 Å². The second kappa shape index (κ2) is 5.15. The molecule has 0 saturated heterocycles. The number of oxazole rings is 1. The summed E-state index contributed by atoms with van der Waals surface area (Å²) in [6, 6.07) is 20.5. The van der Waals surface area contributed by atoms with Gasteiger partial charge in [-0.05, 0) is 47.5 Å². The van der Waals surface area contributed by atoms with E-state index in [0.717, 1.165) is 22.0 Å². The highest BCUT2D eigenvalue weighted by Gasteiger charge is 2.11. The van der Waals surface area contributed by atoms with E-state index in [1.807, 2.05) is 43.3 Å². The fraction of sp³-hybridized carbons (Fsp3) is 0.0500. The maximum Gasteiger partial charge on any atom is 0.227 e. The summed E-state index contributed by atoms with van der Waals surface area (Å²) in [6.07, 6.45) is 4.14. The quantitative estimate of drug-likeness (QED) is 0.473. The summed E-state index contributed by atoms with van der Waals surface area (Å²) in [5.74, 6) is 0.671. The van der Waals surface area contributed by atoms with E-state index in [4.69, 9.17) is 4.42 Å². The summed E-state index contributed by atoms with van der Waals surface area (Å²) in [5, 5.41) is 2.35. The SMILES string of the molecule is C/C=C/c1ccc2cccc(-c3nc4ccccc4o3)c2c1. The van der Waals surface area contributed by atoms with Gasteiger partial charge in [-0.3, -0.25) is 0 Å². The van der Waals surface area contributed by atoms with Crippen molar-refractivity contribution in [3.8, 4) is 11.5 Å². The first-order chi connectivity index (χ1) is 10.8. The van der Waals surface area contributed by atoms with E-state index in [1.165, 1.54) is 10.9 Å². The third kappa shape index (κ3) is 2.09. The van der Waals surface area contributed by atoms with E-state index in [2.05, 4.69) is 41.4 Å². The molecule has 1 heterocycles. The smallest absolute Gasteiger partial charge is 0.227 e. The Morgan fingerprint density at radius 1 is 0.955 bits per heavy atom. The van der Waals surface area contributed by atoms with Crippen molar-refractivity contribution in [1.29, 1.82) is 0 Å². The molecule has 2 nitrogen and oxygen atoms in total. The maximum absolute atomic E-state index is 5.93. The molecule has 0 radical (unpaired) electrons. The van der Waals surface area contributed by atoms with E-state index in [9.17, 15) is 0 Å². The Balaban J connectivity index is 1.98. The first-order valence-corrected chi connectivity index (χ1v) is 7.36. The van der Waals surface area contributed by atoms with Gasteiger partial charge in [-0.25, -0.2) is 4.98 Å². The second-order valence-corrected chi connectivity index (χ2v) is 5.27. The number of fused-ring (bicyclic) bond motifs is 2. The molecule has 0 unspecified atom stereocenters. The topological polar surface area (TPSA) is 26.0 Å². The molecule has 4 aromatic rings. The molecule has 0 aliphatic rings. The Hall–Kier alpha value is -2.87. The van der Waals surface area contributed by atoms with Crippen molar-refractivity contribution >= 4 is 27.9 Å². The zero-order valence-corrected chi connectivity index (χ0v) is 12.3. The summed E-state index contributed by atoms with van der Waals surface area (Å²) < 4.78 is 5.93. The number of para-hydroxylation sites is 2. The molecule has 0 aliphatic heterocycles. The molecule has 0 amide bonds. The maximum atomic E-state index is 5.93. The van der Waals surface area contributed by atoms with E-state index in [1.54, 1.807) is 0 Å². The average Bonchev–Trinajstić information content (AvgIpc) is 2.98. The Morgan fingerprint density at radius 2 is 1.86 bits per heavy atom. The van der Waals surface area contributed by atoms with Crippen LogP contribution in [0.25, 0.3) is 39.4 Å². The minimum Gasteiger partial charge on any atom is -0.436 e. The minimum absolute atomic E-state index is 0.671. The van der Waals surface area contributed by atoms with Gasteiger partial charge in [0.15, 0.2) is 5.58 Å². The van der Waals surface area contributed by atoms with Crippen molar-refractivity contribution in [3.63, 3.8) is 0 Å². The zero-order chi connectivity index (χ0) is 14.9. The van der Waals surface area contributed by atoms with Crippen LogP contribution in [0, 0.1) is 0 Å². The number of aromatic nitrogens is 1. The highest BCUT2D eigenvalue weighted by molar-refractivity contribution is 5.96. The van der Waals surface area contributed by atoms with Crippen LogP contribution in [0.15, 0.2) is 71.2 Å². The van der Waals surface area contributed by atoms with E-state index in [0.29, 0.717) is 5.89 Å². The lowest BCUT2D eigenvalue weighted by atomic mass is 10.0. The van der Waals surface area contributed by atoms with Crippen molar-refractivity contribution in [2.45, 2.75) is 6.92 Å². The lowest BCUT2D eigenvalue weighted by molar-refractivity contribution is 0.620. The summed E-state index contributed by atoms with van der Waals surface area (Å²) in [7, 11) is 0. The van der Waals surface area contributed by atoms with E-state index in [-0.39, 0.29) is 0 Å². The van der Waals surface area contributed by atoms with Gasteiger partial charge in [-0.2, -0.15) is 0 Å². The van der Waals surface area contributed by atoms with Gasteiger partial charge in [0.25, 0.3) is 0 Å². The van der Waals surface area contributed by atoms with Crippen LogP contribution in [0.5, 0.6) is 0 Å². The van der Waals surface area contributed by atoms with Crippen LogP contribution in [0.2, 0.25) is 0 Å². The minimum atomic E-state index is 0.671. The highest BCUT2D eigenvalue weighted by Crippen LogP contribution is 2.31. The van der Waals surface area contributed by atoms with Crippen LogP contribution >= 0.6 is 0 Å². The van der Waals surface area contributed by atoms with Crippen LogP contribution < -0.4 is 0 Å². The molecule has 22 heavy (non-hydrogen) atoms. The molecule has 0 aliphatic carbocycles. The number of nitrogens with zero attached hydrogens (tertiary/aromatic N) is 1. The Bertz CT molecular complexity index is 962. The zero-order valence-electron chi connectivity index (χ0n) is 12.3. The van der Waals surface area contributed by atoms with Crippen LogP contribution in [-0.4, -0.2) is 4.98 Å². The fourth-order valence-electron chi connectivity index (χ4n) is 2.76. The molecule has 106 valence electrons. The van der Waals surface area contributed by atoms with Gasteiger partial charge in [0.2, 0.25) is 5.89 Å². The third-order valence-corrected chi connectivity index (χ3v) is 3.79. The van der Waals surface area contributed by atoms with Gasteiger partial charge in [-0.1, -0.05) is 48.6 Å². The molecular weight excluding hydrogens is 270 g/mol. The van der Waals surface area contributed by atoms with Crippen molar-refractivity contribution in [2.75, 3.05) is 0 Å². The van der Waals surface area contributed by atoms with Crippen LogP contribution in [0.3, 0.4) is 0 Å². The van der Waals surface area contributed by atoms with Gasteiger partial charge in [0.05, 0.1) is 0 Å². The van der Waals surface area contributed by atoms with Crippen LogP contribution in [0.4, 0.5) is 0 Å². The predicted molar refractivity (Wildman–Crippen MR) is 91.7 cm³/mol. The van der Waals surface area contributed by atoms with Crippen molar-refractivity contribution in [1.82, 2.24) is 4.98 Å². The number of benzene rings is 3. The van der Waals surface area contributed by atoms with Gasteiger partial charge in [-0.15, -0.1) is 0 Å². The van der Waals surface area contributed by atoms with Gasteiger partial charge in [0, 0.05) is 5.56 Å². The summed E-state index contributed by atoms with van der Waals surface area (Å²) >= 11 is 0. The molecule has 0 N–H and O–H groups in total. The van der Waals surface area contributed by atoms with Gasteiger partial charge < -0.3 is 4.42 Å². The summed E-state index contributed by atoms with van der Waals surface area (Å²) in [6.45, 7) is 2.02. The fourth-order valence-corrected chi connectivity index (χ4v) is 2.76. The van der Waals surface area contributed by atoms with E-state index < -0.39 is 0 Å². The molecule has 0 spiro atoms. The number of rotatable bonds is 2. The molecule has 3 aromatic carbocycles. The molecule has 0 bridgehead atoms. The van der Waals surface area contributed by atoms with E-state index >= 15 is 0 Å². The number of hydrogen-bond acceptors (Lipinski definition) is 2. The highest BCUT2D eigenvalue weighted by atomic mass is 16.3. The van der Waals surface area contributed by atoms with Crippen LogP contribution in [0.1, 0.15) is 12.5 Å². The second-order valence-electron chi connectivity index (χ2n) is 5.27. The first kappa shape index (κ1) is 12.8. The molecule has 2 heteroatoms. The lowest BCUT2D eigenvalue weighted by Gasteiger charge is -2.04. The molecule has 1 aromatic heterocycles. The average molecular weight is 285 g/mol. The molecule has 0 atom stereocenters. The van der Waals surface area contributed by atoms with Crippen LogP contribution in [-0.2, 0) is 0 Å². The molecule has 4 rings (SSSR count). The molecular formula is C20H15NO. The Kier molecular flexibility index (Phi) is 3.01. The largest absolute Gasteiger partial charge is 0.436 e. The molecule has 0 saturated carbocycles. The third-order valence-electron chi connectivity index (χ3n) is 3.79. The normalized spacial score (nSPS) is 11.7. The Labute approximate surface area is 128 Å². The first-order valence-electron chi connectivity index (χ1n) is 7.36. The molecule has 0 fully saturated rings. The van der Waals surface area contributed by atoms with Crippen molar-refractivity contribution in [3.05, 3.63) is 72.3 Å².